The molecule has 1 aromatic heterocycles. The van der Waals surface area contributed by atoms with Crippen molar-refractivity contribution in [3.63, 3.8) is 0 Å². The number of carbonyl (C=O) groups is 1. The molecule has 4 nitrogen and oxygen atoms in total. The first kappa shape index (κ1) is 16.6. The maximum absolute atomic E-state index is 11.8. The molecule has 0 amide bonds. The number of cyclic esters (lactones) is 1. The van der Waals surface area contributed by atoms with Crippen LogP contribution in [0.1, 0.15) is 26.0 Å². The van der Waals surface area contributed by atoms with Crippen LogP contribution in [-0.2, 0) is 9.53 Å². The normalized spacial score (nSPS) is 18.5. The van der Waals surface area contributed by atoms with Gasteiger partial charge in [0.05, 0.1) is 0 Å². The van der Waals surface area contributed by atoms with E-state index in [0.717, 1.165) is 10.4 Å². The Morgan fingerprint density at radius 3 is 2.50 bits per heavy atom. The molecule has 0 radical (unpaired) electrons. The summed E-state index contributed by atoms with van der Waals surface area (Å²) in [6.45, 7) is 3.68. The summed E-state index contributed by atoms with van der Waals surface area (Å²) in [4.78, 5) is 11.8. The summed E-state index contributed by atoms with van der Waals surface area (Å²) >= 11 is -1.97. The van der Waals surface area contributed by atoms with Gasteiger partial charge in [-0.25, -0.2) is 0 Å². The van der Waals surface area contributed by atoms with E-state index < -0.39 is 24.8 Å². The molecular formula is C17H21GeNO3. The van der Waals surface area contributed by atoms with Crippen LogP contribution < -0.4 is 4.59 Å². The molecule has 0 atom stereocenters. The third-order valence-corrected chi connectivity index (χ3v) is 7.10. The first-order chi connectivity index (χ1) is 10.1. The van der Waals surface area contributed by atoms with Crippen molar-refractivity contribution in [3.05, 3.63) is 35.1 Å². The summed E-state index contributed by atoms with van der Waals surface area (Å²) in [7, 11) is 0. The van der Waals surface area contributed by atoms with E-state index in [1.807, 2.05) is 38.1 Å². The zero-order valence-electron chi connectivity index (χ0n) is 13.7. The van der Waals surface area contributed by atoms with Gasteiger partial charge in [0.25, 0.3) is 0 Å². The molecule has 116 valence electrons. The molecule has 0 unspecified atom stereocenters. The van der Waals surface area contributed by atoms with Gasteiger partial charge >= 0.3 is 133 Å². The second-order valence-electron chi connectivity index (χ2n) is 7.12. The van der Waals surface area contributed by atoms with Crippen molar-refractivity contribution < 1.29 is 13.9 Å². The van der Waals surface area contributed by atoms with Gasteiger partial charge in [-0.15, -0.1) is 0 Å². The van der Waals surface area contributed by atoms with Gasteiger partial charge in [-0.3, -0.25) is 0 Å². The fourth-order valence-corrected chi connectivity index (χ4v) is 4.42. The number of hydrogen-bond acceptors (Lipinski definition) is 4. The number of hydrogen-bond donors (Lipinski definition) is 0. The molecule has 0 spiro atoms. The second kappa shape index (κ2) is 5.81. The van der Waals surface area contributed by atoms with Crippen LogP contribution >= 0.6 is 0 Å². The molecule has 1 aliphatic heterocycles. The van der Waals surface area contributed by atoms with E-state index in [1.54, 1.807) is 6.08 Å². The molecule has 0 fully saturated rings. The summed E-state index contributed by atoms with van der Waals surface area (Å²) in [5.41, 5.74) is 0.182. The number of allylic oxidation sites excluding steroid dienone is 1. The Kier molecular flexibility index (Phi) is 4.39. The molecule has 0 saturated heterocycles. The molecule has 2 rings (SSSR count). The quantitative estimate of drug-likeness (QED) is 0.613. The van der Waals surface area contributed by atoms with Gasteiger partial charge in [-0.2, -0.15) is 0 Å². The van der Waals surface area contributed by atoms with Crippen LogP contribution in [0.3, 0.4) is 0 Å². The van der Waals surface area contributed by atoms with Gasteiger partial charge in [-0.05, 0) is 0 Å². The van der Waals surface area contributed by atoms with E-state index in [4.69, 9.17) is 14.4 Å². The summed E-state index contributed by atoms with van der Waals surface area (Å²) in [6, 6.07) is 5.90. The summed E-state index contributed by atoms with van der Waals surface area (Å²) in [5, 5.41) is 9.15. The minimum atomic E-state index is -1.97. The second-order valence-corrected chi connectivity index (χ2v) is 17.6. The molecule has 0 aliphatic carbocycles. The van der Waals surface area contributed by atoms with Crippen molar-refractivity contribution in [2.24, 2.45) is 0 Å². The van der Waals surface area contributed by atoms with E-state index in [0.29, 0.717) is 12.0 Å². The van der Waals surface area contributed by atoms with Crippen molar-refractivity contribution in [1.82, 2.24) is 0 Å². The number of nitriles is 1. The van der Waals surface area contributed by atoms with Crippen LogP contribution in [0.5, 0.6) is 0 Å². The molecule has 22 heavy (non-hydrogen) atoms. The van der Waals surface area contributed by atoms with Crippen LogP contribution in [0.15, 0.2) is 33.8 Å². The Balaban J connectivity index is 2.30. The molecule has 0 N–H and O–H groups in total. The number of ether oxygens (including phenoxy) is 1. The molecule has 2 heterocycles. The first-order valence-electron chi connectivity index (χ1n) is 7.27. The zero-order valence-corrected chi connectivity index (χ0v) is 15.8. The molecule has 0 aromatic carbocycles. The molecular weight excluding hydrogens is 339 g/mol. The summed E-state index contributed by atoms with van der Waals surface area (Å²) in [6.07, 6.45) is 4.13. The third-order valence-electron chi connectivity index (χ3n) is 3.44. The molecule has 0 bridgehead atoms. The van der Waals surface area contributed by atoms with Gasteiger partial charge < -0.3 is 0 Å². The Labute approximate surface area is 133 Å². The van der Waals surface area contributed by atoms with Gasteiger partial charge in [0.1, 0.15) is 0 Å². The number of esters is 1. The number of nitrogens with zero attached hydrogens (tertiary/aromatic N) is 1. The molecule has 0 saturated carbocycles. The van der Waals surface area contributed by atoms with E-state index in [1.165, 1.54) is 0 Å². The van der Waals surface area contributed by atoms with Crippen molar-refractivity contribution in [2.75, 3.05) is 0 Å². The number of furan rings is 1. The minimum absolute atomic E-state index is 0.0795. The third kappa shape index (κ3) is 3.72. The summed E-state index contributed by atoms with van der Waals surface area (Å²) in [5.74, 6) is 6.99. The predicted molar refractivity (Wildman–Crippen MR) is 88.1 cm³/mol. The van der Waals surface area contributed by atoms with E-state index in [9.17, 15) is 4.79 Å². The molecule has 5 heteroatoms. The van der Waals surface area contributed by atoms with Gasteiger partial charge in [-0.1, -0.05) is 0 Å². The maximum atomic E-state index is 11.8. The first-order valence-corrected chi connectivity index (χ1v) is 14.6. The van der Waals surface area contributed by atoms with Crippen LogP contribution in [0.4, 0.5) is 0 Å². The van der Waals surface area contributed by atoms with Crippen LogP contribution in [0, 0.1) is 11.3 Å². The number of carbonyl (C=O) groups excluding carboxylic acids is 1. The average molecular weight is 360 g/mol. The summed E-state index contributed by atoms with van der Waals surface area (Å²) < 4.78 is 12.2. The predicted octanol–water partition coefficient (Wildman–Crippen LogP) is 3.38. The van der Waals surface area contributed by atoms with Crippen LogP contribution in [0.2, 0.25) is 17.3 Å². The van der Waals surface area contributed by atoms with Crippen LogP contribution in [-0.4, -0.2) is 24.8 Å². The van der Waals surface area contributed by atoms with Crippen molar-refractivity contribution in [1.29, 1.82) is 5.26 Å². The Bertz CT molecular complexity index is 696. The average Bonchev–Trinajstić information content (AvgIpc) is 2.83. The fraction of sp³-hybridized carbons (Fsp3) is 0.412. The van der Waals surface area contributed by atoms with Crippen molar-refractivity contribution in [2.45, 2.75) is 43.1 Å². The monoisotopic (exact) mass is 361 g/mol. The van der Waals surface area contributed by atoms with E-state index in [2.05, 4.69) is 17.3 Å². The Morgan fingerprint density at radius 2 is 1.95 bits per heavy atom. The zero-order chi connectivity index (χ0) is 16.5. The topological polar surface area (TPSA) is 63.2 Å². The Morgan fingerprint density at radius 1 is 1.27 bits per heavy atom. The van der Waals surface area contributed by atoms with Gasteiger partial charge in [0, 0.05) is 0 Å². The van der Waals surface area contributed by atoms with Gasteiger partial charge in [0.2, 0.25) is 0 Å². The van der Waals surface area contributed by atoms with Crippen LogP contribution in [0.25, 0.3) is 6.08 Å². The van der Waals surface area contributed by atoms with E-state index >= 15 is 0 Å². The standard InChI is InChI=1S/C17H21GeNO3/c1-17(2)10-12(14(11-19)16(20)22-17)6-7-13-8-9-15(21-13)18(3,4)5/h6-9H,10H2,1-5H3/b7-6+. The van der Waals surface area contributed by atoms with E-state index in [-0.39, 0.29) is 5.57 Å². The number of rotatable bonds is 3. The SMILES string of the molecule is CC1(C)CC(/C=C/c2cc[c]([Ge]([CH3])([CH3])[CH3])o2)=C(C#N)C(=O)O1. The van der Waals surface area contributed by atoms with Crippen molar-refractivity contribution >= 4 is 29.9 Å². The Hall–Kier alpha value is -1.74. The van der Waals surface area contributed by atoms with Gasteiger partial charge in [0.15, 0.2) is 0 Å². The molecule has 1 aromatic rings. The molecule has 1 aliphatic rings. The fourth-order valence-electron chi connectivity index (χ4n) is 2.30. The van der Waals surface area contributed by atoms with Crippen molar-refractivity contribution in [3.8, 4) is 6.07 Å².